The van der Waals surface area contributed by atoms with Gasteiger partial charge in [0, 0.05) is 12.9 Å². The molecule has 104 valence electrons. The summed E-state index contributed by atoms with van der Waals surface area (Å²) in [5.74, 6) is 0.135. The van der Waals surface area contributed by atoms with Crippen LogP contribution in [0.1, 0.15) is 13.8 Å². The topological polar surface area (TPSA) is 78.9 Å². The van der Waals surface area contributed by atoms with Crippen LogP contribution in [0, 0.1) is 5.92 Å². The molecule has 7 heteroatoms. The van der Waals surface area contributed by atoms with E-state index in [-0.39, 0.29) is 18.0 Å². The van der Waals surface area contributed by atoms with Crippen LogP contribution < -0.4 is 5.32 Å². The van der Waals surface area contributed by atoms with Gasteiger partial charge in [0.05, 0.1) is 18.5 Å². The summed E-state index contributed by atoms with van der Waals surface area (Å²) in [6, 6.07) is -1.17. The van der Waals surface area contributed by atoms with Gasteiger partial charge in [-0.15, -0.1) is 11.8 Å². The third-order valence-corrected chi connectivity index (χ3v) is 3.90. The van der Waals surface area contributed by atoms with Crippen molar-refractivity contribution in [1.29, 1.82) is 0 Å². The zero-order chi connectivity index (χ0) is 13.7. The summed E-state index contributed by atoms with van der Waals surface area (Å²) < 4.78 is 5.05. The van der Waals surface area contributed by atoms with E-state index in [1.165, 1.54) is 16.7 Å². The standard InChI is InChI=1S/C11H20N2O4S/c1-7(2)8(4-17-3)12-11(16)13-6-18-5-9(13)10(14)15/h7-9H,4-6H2,1-3H3,(H,12,16)(H,14,15). The number of amides is 2. The molecule has 2 amide bonds. The molecule has 0 aromatic rings. The van der Waals surface area contributed by atoms with Crippen LogP contribution in [-0.2, 0) is 9.53 Å². The monoisotopic (exact) mass is 276 g/mol. The Bertz CT molecular complexity index is 311. The minimum atomic E-state index is -0.956. The highest BCUT2D eigenvalue weighted by Gasteiger charge is 2.35. The highest BCUT2D eigenvalue weighted by atomic mass is 32.2. The van der Waals surface area contributed by atoms with Gasteiger partial charge in [0.1, 0.15) is 6.04 Å². The molecule has 0 spiro atoms. The molecule has 1 fully saturated rings. The van der Waals surface area contributed by atoms with E-state index in [0.717, 1.165) is 0 Å². The zero-order valence-electron chi connectivity index (χ0n) is 10.9. The third kappa shape index (κ3) is 3.78. The van der Waals surface area contributed by atoms with Crippen LogP contribution >= 0.6 is 11.8 Å². The minimum Gasteiger partial charge on any atom is -0.480 e. The first-order valence-corrected chi connectivity index (χ1v) is 6.99. The lowest BCUT2D eigenvalue weighted by atomic mass is 10.1. The second kappa shape index (κ2) is 6.84. The number of hydrogen-bond acceptors (Lipinski definition) is 4. The van der Waals surface area contributed by atoms with Gasteiger partial charge in [0.15, 0.2) is 0 Å². The van der Waals surface area contributed by atoms with E-state index in [4.69, 9.17) is 9.84 Å². The van der Waals surface area contributed by atoms with E-state index in [1.54, 1.807) is 7.11 Å². The first-order chi connectivity index (χ1) is 8.47. The van der Waals surface area contributed by atoms with Crippen LogP contribution in [0.4, 0.5) is 4.79 Å². The zero-order valence-corrected chi connectivity index (χ0v) is 11.7. The number of aliphatic carboxylic acids is 1. The maximum atomic E-state index is 12.0. The van der Waals surface area contributed by atoms with Crippen molar-refractivity contribution in [3.8, 4) is 0 Å². The molecular formula is C11H20N2O4S. The fourth-order valence-corrected chi connectivity index (χ4v) is 2.81. The Hall–Kier alpha value is -0.950. The van der Waals surface area contributed by atoms with Crippen molar-refractivity contribution in [3.63, 3.8) is 0 Å². The number of rotatable bonds is 5. The SMILES string of the molecule is COCC(NC(=O)N1CSCC1C(=O)O)C(C)C. The lowest BCUT2D eigenvalue weighted by Crippen LogP contribution is -2.52. The number of urea groups is 1. The third-order valence-electron chi connectivity index (χ3n) is 2.89. The smallest absolute Gasteiger partial charge is 0.327 e. The average molecular weight is 276 g/mol. The summed E-state index contributed by atoms with van der Waals surface area (Å²) in [6.45, 7) is 4.39. The highest BCUT2D eigenvalue weighted by Crippen LogP contribution is 2.21. The fraction of sp³-hybridized carbons (Fsp3) is 0.818. The predicted octanol–water partition coefficient (Wildman–Crippen LogP) is 0.826. The number of ether oxygens (including phenoxy) is 1. The number of nitrogens with one attached hydrogen (secondary N) is 1. The number of methoxy groups -OCH3 is 1. The molecule has 0 radical (unpaired) electrons. The lowest BCUT2D eigenvalue weighted by molar-refractivity contribution is -0.140. The van der Waals surface area contributed by atoms with E-state index in [2.05, 4.69) is 5.32 Å². The first kappa shape index (κ1) is 15.1. The number of nitrogens with zero attached hydrogens (tertiary/aromatic N) is 1. The molecule has 1 heterocycles. The Balaban J connectivity index is 2.60. The highest BCUT2D eigenvalue weighted by molar-refractivity contribution is 7.99. The van der Waals surface area contributed by atoms with Crippen molar-refractivity contribution >= 4 is 23.8 Å². The van der Waals surface area contributed by atoms with Gasteiger partial charge >= 0.3 is 12.0 Å². The van der Waals surface area contributed by atoms with Crippen molar-refractivity contribution in [1.82, 2.24) is 10.2 Å². The Kier molecular flexibility index (Phi) is 5.74. The van der Waals surface area contributed by atoms with Gasteiger partial charge in [0.25, 0.3) is 0 Å². The summed E-state index contributed by atoms with van der Waals surface area (Å²) >= 11 is 1.45. The Morgan fingerprint density at radius 2 is 2.22 bits per heavy atom. The Morgan fingerprint density at radius 1 is 1.56 bits per heavy atom. The summed E-state index contributed by atoms with van der Waals surface area (Å²) in [6.07, 6.45) is 0. The van der Waals surface area contributed by atoms with Crippen LogP contribution in [0.25, 0.3) is 0 Å². The van der Waals surface area contributed by atoms with E-state index >= 15 is 0 Å². The van der Waals surface area contributed by atoms with Crippen LogP contribution in [-0.4, -0.2) is 59.4 Å². The van der Waals surface area contributed by atoms with Gasteiger partial charge in [-0.1, -0.05) is 13.8 Å². The minimum absolute atomic E-state index is 0.109. The lowest BCUT2D eigenvalue weighted by Gasteiger charge is -2.27. The van der Waals surface area contributed by atoms with Gasteiger partial charge in [-0.05, 0) is 5.92 Å². The number of carbonyl (C=O) groups excluding carboxylic acids is 1. The molecule has 2 unspecified atom stereocenters. The molecule has 6 nitrogen and oxygen atoms in total. The maximum absolute atomic E-state index is 12.0. The predicted molar refractivity (Wildman–Crippen MR) is 69.6 cm³/mol. The van der Waals surface area contributed by atoms with E-state index in [1.807, 2.05) is 13.8 Å². The number of thioether (sulfide) groups is 1. The molecule has 1 rings (SSSR count). The summed E-state index contributed by atoms with van der Waals surface area (Å²) in [7, 11) is 1.58. The molecule has 2 N–H and O–H groups in total. The van der Waals surface area contributed by atoms with Crippen LogP contribution in [0.2, 0.25) is 0 Å². The van der Waals surface area contributed by atoms with Crippen molar-refractivity contribution in [3.05, 3.63) is 0 Å². The molecule has 1 saturated heterocycles. The molecule has 0 aliphatic carbocycles. The van der Waals surface area contributed by atoms with Crippen molar-refractivity contribution in [2.45, 2.75) is 25.9 Å². The van der Waals surface area contributed by atoms with Crippen molar-refractivity contribution < 1.29 is 19.4 Å². The normalized spacial score (nSPS) is 21.1. The molecule has 1 aliphatic rings. The van der Waals surface area contributed by atoms with Gasteiger partial charge < -0.3 is 20.1 Å². The van der Waals surface area contributed by atoms with Crippen molar-refractivity contribution in [2.24, 2.45) is 5.92 Å². The number of hydrogen-bond donors (Lipinski definition) is 2. The summed E-state index contributed by atoms with van der Waals surface area (Å²) in [5.41, 5.74) is 0. The maximum Gasteiger partial charge on any atom is 0.327 e. The van der Waals surface area contributed by atoms with Crippen LogP contribution in [0.3, 0.4) is 0 Å². The average Bonchev–Trinajstić information content (AvgIpc) is 2.77. The van der Waals surface area contributed by atoms with Crippen LogP contribution in [0.5, 0.6) is 0 Å². The second-order valence-corrected chi connectivity index (χ2v) is 5.58. The quantitative estimate of drug-likeness (QED) is 0.777. The fourth-order valence-electron chi connectivity index (χ4n) is 1.67. The van der Waals surface area contributed by atoms with E-state index < -0.39 is 12.0 Å². The number of carboxylic acids is 1. The summed E-state index contributed by atoms with van der Waals surface area (Å²) in [4.78, 5) is 24.4. The first-order valence-electron chi connectivity index (χ1n) is 5.84. The summed E-state index contributed by atoms with van der Waals surface area (Å²) in [5, 5.41) is 11.8. The second-order valence-electron chi connectivity index (χ2n) is 4.58. The van der Waals surface area contributed by atoms with Gasteiger partial charge in [-0.25, -0.2) is 9.59 Å². The molecule has 0 aromatic carbocycles. The Morgan fingerprint density at radius 3 is 2.72 bits per heavy atom. The van der Waals surface area contributed by atoms with Gasteiger partial charge in [0.2, 0.25) is 0 Å². The van der Waals surface area contributed by atoms with Crippen LogP contribution in [0.15, 0.2) is 0 Å². The molecule has 18 heavy (non-hydrogen) atoms. The largest absolute Gasteiger partial charge is 0.480 e. The Labute approximate surface area is 111 Å². The van der Waals surface area contributed by atoms with Crippen molar-refractivity contribution in [2.75, 3.05) is 25.3 Å². The number of carboxylic acid groups (broad SMARTS) is 1. The van der Waals surface area contributed by atoms with E-state index in [0.29, 0.717) is 18.2 Å². The molecule has 0 aromatic heterocycles. The molecular weight excluding hydrogens is 256 g/mol. The van der Waals surface area contributed by atoms with E-state index in [9.17, 15) is 9.59 Å². The van der Waals surface area contributed by atoms with Gasteiger partial charge in [-0.2, -0.15) is 0 Å². The molecule has 0 saturated carbocycles. The number of carbonyl (C=O) groups is 2. The molecule has 1 aliphatic heterocycles. The molecule has 0 bridgehead atoms. The van der Waals surface area contributed by atoms with Gasteiger partial charge in [-0.3, -0.25) is 0 Å². The molecule has 2 atom stereocenters.